The van der Waals surface area contributed by atoms with E-state index >= 15 is 0 Å². The van der Waals surface area contributed by atoms with E-state index < -0.39 is 5.60 Å². The Balaban J connectivity index is 1.10. The molecule has 3 N–H and O–H groups in total. The van der Waals surface area contributed by atoms with Gasteiger partial charge in [-0.15, -0.1) is 0 Å². The van der Waals surface area contributed by atoms with E-state index in [0.717, 1.165) is 33.3 Å². The summed E-state index contributed by atoms with van der Waals surface area (Å²) in [5, 5.41) is 23.2. The number of para-hydroxylation sites is 1. The van der Waals surface area contributed by atoms with Crippen LogP contribution in [0.2, 0.25) is 0 Å². The number of nitrogens with one attached hydrogen (secondary N) is 1. The molecule has 1 fully saturated rings. The zero-order valence-corrected chi connectivity index (χ0v) is 22.0. The van der Waals surface area contributed by atoms with Crippen molar-refractivity contribution < 1.29 is 19.4 Å². The number of amides is 1. The molecule has 1 aliphatic heterocycles. The fraction of sp³-hybridized carbons (Fsp3) is 0.212. The van der Waals surface area contributed by atoms with Gasteiger partial charge in [0.05, 0.1) is 29.4 Å². The fourth-order valence-electron chi connectivity index (χ4n) is 5.53. The van der Waals surface area contributed by atoms with Crippen molar-refractivity contribution in [3.8, 4) is 28.1 Å². The topological polar surface area (TPSA) is 89.5 Å². The van der Waals surface area contributed by atoms with Crippen LogP contribution >= 0.6 is 0 Å². The third-order valence-corrected chi connectivity index (χ3v) is 7.86. The number of carbonyl (C=O) groups is 1. The van der Waals surface area contributed by atoms with Crippen LogP contribution in [0.25, 0.3) is 33.3 Å². The average Bonchev–Trinajstić information content (AvgIpc) is 3.39. The maximum atomic E-state index is 13.2. The summed E-state index contributed by atoms with van der Waals surface area (Å²) >= 11 is 0. The van der Waals surface area contributed by atoms with Crippen molar-refractivity contribution in [2.45, 2.75) is 31.3 Å². The largest absolute Gasteiger partial charge is 0.507 e. The first-order valence-electron chi connectivity index (χ1n) is 13.5. The highest BCUT2D eigenvalue weighted by molar-refractivity contribution is 5.89. The van der Waals surface area contributed by atoms with Crippen molar-refractivity contribution in [3.63, 3.8) is 0 Å². The Kier molecular flexibility index (Phi) is 6.82. The number of piperidine rings is 1. The van der Waals surface area contributed by atoms with Gasteiger partial charge in [-0.1, -0.05) is 48.5 Å². The lowest BCUT2D eigenvalue weighted by atomic mass is 9.85. The number of aromatic hydroxyl groups is 1. The van der Waals surface area contributed by atoms with E-state index in [1.807, 2.05) is 54.6 Å². The molecule has 6 nitrogen and oxygen atoms in total. The van der Waals surface area contributed by atoms with Crippen LogP contribution in [-0.2, 0) is 17.6 Å². The van der Waals surface area contributed by atoms with Crippen molar-refractivity contribution in [3.05, 3.63) is 108 Å². The van der Waals surface area contributed by atoms with Gasteiger partial charge in [-0.3, -0.25) is 9.78 Å². The number of likely N-dealkylation sites (tertiary alicyclic amines) is 1. The molecular formula is C33H30FN3O3. The highest BCUT2D eigenvalue weighted by Gasteiger charge is 2.34. The van der Waals surface area contributed by atoms with Crippen molar-refractivity contribution in [1.29, 1.82) is 0 Å². The molecule has 0 saturated carbocycles. The van der Waals surface area contributed by atoms with Gasteiger partial charge in [0.25, 0.3) is 0 Å². The number of hydrogen-bond acceptors (Lipinski definition) is 4. The minimum Gasteiger partial charge on any atom is -0.507 e. The lowest BCUT2D eigenvalue weighted by molar-refractivity contribution is -0.134. The molecule has 1 aliphatic rings. The second-order valence-corrected chi connectivity index (χ2v) is 10.6. The Labute approximate surface area is 231 Å². The predicted molar refractivity (Wildman–Crippen MR) is 153 cm³/mol. The molecule has 1 amide bonds. The molecule has 7 heteroatoms. The van der Waals surface area contributed by atoms with E-state index in [9.17, 15) is 19.4 Å². The molecule has 2 aromatic heterocycles. The first kappa shape index (κ1) is 25.8. The average molecular weight is 536 g/mol. The molecule has 0 bridgehead atoms. The number of pyridine rings is 1. The van der Waals surface area contributed by atoms with Crippen LogP contribution in [-0.4, -0.2) is 49.7 Å². The molecule has 0 spiro atoms. The van der Waals surface area contributed by atoms with E-state index in [0.29, 0.717) is 43.5 Å². The van der Waals surface area contributed by atoms with Crippen LogP contribution in [0.3, 0.4) is 0 Å². The summed E-state index contributed by atoms with van der Waals surface area (Å²) in [5.74, 6) is -0.0835. The molecule has 0 unspecified atom stereocenters. The first-order valence-corrected chi connectivity index (χ1v) is 13.5. The third-order valence-electron chi connectivity index (χ3n) is 7.86. The van der Waals surface area contributed by atoms with Gasteiger partial charge in [-0.05, 0) is 59.9 Å². The van der Waals surface area contributed by atoms with Crippen molar-refractivity contribution >= 4 is 16.8 Å². The predicted octanol–water partition coefficient (Wildman–Crippen LogP) is 5.88. The zero-order chi connectivity index (χ0) is 27.7. The van der Waals surface area contributed by atoms with E-state index in [2.05, 4.69) is 9.97 Å². The van der Waals surface area contributed by atoms with Crippen LogP contribution in [0, 0.1) is 5.82 Å². The summed E-state index contributed by atoms with van der Waals surface area (Å²) in [6.45, 7) is 0.970. The standard InChI is InChI=1S/C33H30FN3O3/c34-26-10-6-23(7-11-26)20-33(40)13-16-37(17-14-33)31(38)18-22-4-8-24(9-5-22)27-2-1-3-28(32(27)39)29-19-25-12-15-35-21-30(25)36-29/h1-12,15,19,21,36,39-40H,13-14,16-18,20H2. The van der Waals surface area contributed by atoms with E-state index in [1.165, 1.54) is 12.1 Å². The summed E-state index contributed by atoms with van der Waals surface area (Å²) in [7, 11) is 0. The lowest BCUT2D eigenvalue weighted by Gasteiger charge is -2.38. The van der Waals surface area contributed by atoms with Crippen molar-refractivity contribution in [2.24, 2.45) is 0 Å². The van der Waals surface area contributed by atoms with Crippen molar-refractivity contribution in [2.75, 3.05) is 13.1 Å². The SMILES string of the molecule is O=C(Cc1ccc(-c2cccc(-c3cc4ccncc4[nH]3)c2O)cc1)N1CCC(O)(Cc2ccc(F)cc2)CC1. The molecule has 0 atom stereocenters. The summed E-state index contributed by atoms with van der Waals surface area (Å²) in [6.07, 6.45) is 5.19. The number of aliphatic hydroxyl groups is 1. The molecule has 3 heterocycles. The second-order valence-electron chi connectivity index (χ2n) is 10.6. The number of hydrogen-bond donors (Lipinski definition) is 3. The van der Waals surface area contributed by atoms with Gasteiger partial charge >= 0.3 is 0 Å². The van der Waals surface area contributed by atoms with Crippen molar-refractivity contribution in [1.82, 2.24) is 14.9 Å². The highest BCUT2D eigenvalue weighted by atomic mass is 19.1. The van der Waals surface area contributed by atoms with Gasteiger partial charge in [0.1, 0.15) is 11.6 Å². The van der Waals surface area contributed by atoms with Crippen LogP contribution in [0.4, 0.5) is 4.39 Å². The number of phenolic OH excluding ortho intramolecular Hbond substituents is 1. The van der Waals surface area contributed by atoms with Crippen LogP contribution < -0.4 is 0 Å². The van der Waals surface area contributed by atoms with Gasteiger partial charge in [0.2, 0.25) is 5.91 Å². The normalized spacial score (nSPS) is 14.9. The number of aromatic nitrogens is 2. The monoisotopic (exact) mass is 535 g/mol. The second kappa shape index (κ2) is 10.6. The smallest absolute Gasteiger partial charge is 0.226 e. The quantitative estimate of drug-likeness (QED) is 0.253. The molecule has 6 rings (SSSR count). The van der Waals surface area contributed by atoms with Crippen LogP contribution in [0.1, 0.15) is 24.0 Å². The molecule has 1 saturated heterocycles. The Morgan fingerprint density at radius 3 is 2.38 bits per heavy atom. The molecule has 0 radical (unpaired) electrons. The van der Waals surface area contributed by atoms with Gasteiger partial charge in [-0.25, -0.2) is 4.39 Å². The molecule has 3 aromatic carbocycles. The number of aromatic amines is 1. The molecular weight excluding hydrogens is 505 g/mol. The minimum absolute atomic E-state index is 0.0229. The van der Waals surface area contributed by atoms with Gasteiger partial charge in [0, 0.05) is 42.2 Å². The fourth-order valence-corrected chi connectivity index (χ4v) is 5.53. The lowest BCUT2D eigenvalue weighted by Crippen LogP contribution is -2.48. The Bertz CT molecular complexity index is 1620. The number of nitrogens with zero attached hydrogens (tertiary/aromatic N) is 2. The maximum absolute atomic E-state index is 13.2. The number of halogens is 1. The van der Waals surface area contributed by atoms with Gasteiger partial charge in [0.15, 0.2) is 0 Å². The summed E-state index contributed by atoms with van der Waals surface area (Å²) in [4.78, 5) is 22.3. The number of H-pyrrole nitrogens is 1. The number of phenols is 1. The van der Waals surface area contributed by atoms with Crippen LogP contribution in [0.5, 0.6) is 5.75 Å². The van der Waals surface area contributed by atoms with E-state index in [1.54, 1.807) is 29.4 Å². The number of rotatable bonds is 6. The van der Waals surface area contributed by atoms with E-state index in [-0.39, 0.29) is 23.9 Å². The number of fused-ring (bicyclic) bond motifs is 1. The summed E-state index contributed by atoms with van der Waals surface area (Å²) in [6, 6.07) is 23.5. The van der Waals surface area contributed by atoms with Gasteiger partial charge in [-0.2, -0.15) is 0 Å². The number of benzene rings is 3. The molecule has 5 aromatic rings. The minimum atomic E-state index is -0.892. The first-order chi connectivity index (χ1) is 19.4. The Morgan fingerprint density at radius 2 is 1.65 bits per heavy atom. The Hall–Kier alpha value is -4.49. The summed E-state index contributed by atoms with van der Waals surface area (Å²) < 4.78 is 13.2. The molecule has 40 heavy (non-hydrogen) atoms. The molecule has 202 valence electrons. The van der Waals surface area contributed by atoms with Crippen LogP contribution in [0.15, 0.2) is 91.3 Å². The molecule has 0 aliphatic carbocycles. The Morgan fingerprint density at radius 1 is 0.950 bits per heavy atom. The summed E-state index contributed by atoms with van der Waals surface area (Å²) in [5.41, 5.74) is 4.88. The van der Waals surface area contributed by atoms with Gasteiger partial charge < -0.3 is 20.1 Å². The number of carbonyl (C=O) groups excluding carboxylic acids is 1. The van der Waals surface area contributed by atoms with E-state index in [4.69, 9.17) is 0 Å². The third kappa shape index (κ3) is 5.33. The highest BCUT2D eigenvalue weighted by Crippen LogP contribution is 2.38. The maximum Gasteiger partial charge on any atom is 0.226 e. The zero-order valence-electron chi connectivity index (χ0n) is 22.0.